The van der Waals surface area contributed by atoms with Crippen LogP contribution in [0.3, 0.4) is 0 Å². The van der Waals surface area contributed by atoms with E-state index in [0.717, 1.165) is 22.3 Å². The predicted octanol–water partition coefficient (Wildman–Crippen LogP) is 6.00. The maximum Gasteiger partial charge on any atom is 0.234 e. The minimum Gasteiger partial charge on any atom is -0.489 e. The van der Waals surface area contributed by atoms with Gasteiger partial charge in [0, 0.05) is 13.1 Å². The highest BCUT2D eigenvalue weighted by atomic mass is 19.1. The van der Waals surface area contributed by atoms with Gasteiger partial charge in [-0.05, 0) is 77.7 Å². The zero-order chi connectivity index (χ0) is 26.9. The van der Waals surface area contributed by atoms with Crippen LogP contribution in [0.4, 0.5) is 8.78 Å². The summed E-state index contributed by atoms with van der Waals surface area (Å²) in [6.45, 7) is 3.33. The van der Waals surface area contributed by atoms with Gasteiger partial charge in [-0.3, -0.25) is 9.69 Å². The number of amides is 1. The Hall–Kier alpha value is -4.23. The first-order valence-electron chi connectivity index (χ1n) is 12.3. The first-order chi connectivity index (χ1) is 18.4. The summed E-state index contributed by atoms with van der Waals surface area (Å²) < 4.78 is 38.3. The molecule has 4 rings (SSSR count). The summed E-state index contributed by atoms with van der Waals surface area (Å²) in [4.78, 5) is 14.0. The minimum atomic E-state index is -0.484. The van der Waals surface area contributed by atoms with Crippen LogP contribution in [0.2, 0.25) is 0 Å². The molecule has 5 nitrogen and oxygen atoms in total. The molecule has 0 unspecified atom stereocenters. The Bertz CT molecular complexity index is 1250. The summed E-state index contributed by atoms with van der Waals surface area (Å²) in [6, 6.07) is 27.3. The molecule has 0 radical (unpaired) electrons. The van der Waals surface area contributed by atoms with Crippen molar-refractivity contribution in [2.24, 2.45) is 5.73 Å². The molecule has 0 saturated carbocycles. The number of benzene rings is 4. The molecule has 38 heavy (non-hydrogen) atoms. The van der Waals surface area contributed by atoms with Crippen molar-refractivity contribution in [1.82, 2.24) is 4.90 Å². The van der Waals surface area contributed by atoms with Crippen LogP contribution in [-0.4, -0.2) is 16.8 Å². The maximum absolute atomic E-state index is 13.4. The Labute approximate surface area is 221 Å². The van der Waals surface area contributed by atoms with Crippen molar-refractivity contribution in [2.75, 3.05) is 0 Å². The number of carbonyl (C=O) groups excluding carboxylic acids is 1. The molecule has 196 valence electrons. The lowest BCUT2D eigenvalue weighted by Gasteiger charge is -2.27. The molecule has 0 saturated heterocycles. The van der Waals surface area contributed by atoms with E-state index >= 15 is 0 Å². The third kappa shape index (κ3) is 7.88. The normalized spacial score (nSPS) is 11.8. The number of rotatable bonds is 12. The number of carbonyl (C=O) groups is 1. The summed E-state index contributed by atoms with van der Waals surface area (Å²) in [6.07, 6.45) is 0. The van der Waals surface area contributed by atoms with Crippen LogP contribution in [0.5, 0.6) is 11.5 Å². The molecule has 0 heterocycles. The Kier molecular flexibility index (Phi) is 9.06. The molecule has 4 aromatic carbocycles. The van der Waals surface area contributed by atoms with E-state index in [1.54, 1.807) is 19.1 Å². The van der Waals surface area contributed by atoms with Gasteiger partial charge in [-0.2, -0.15) is 0 Å². The molecule has 0 aliphatic rings. The van der Waals surface area contributed by atoms with Crippen molar-refractivity contribution >= 4 is 5.91 Å². The van der Waals surface area contributed by atoms with E-state index < -0.39 is 11.9 Å². The monoisotopic (exact) mass is 516 g/mol. The smallest absolute Gasteiger partial charge is 0.234 e. The summed E-state index contributed by atoms with van der Waals surface area (Å²) >= 11 is 0. The SMILES string of the molecule is C[C@@H](C(N)=O)N(Cc1ccc(OCc2cccc(F)c2)cc1)Cc1ccc(OCc2cccc(F)c2)cc1. The Balaban J connectivity index is 1.35. The van der Waals surface area contributed by atoms with E-state index in [-0.39, 0.29) is 24.8 Å². The zero-order valence-corrected chi connectivity index (χ0v) is 21.1. The molecule has 2 N–H and O–H groups in total. The van der Waals surface area contributed by atoms with Crippen LogP contribution in [0.25, 0.3) is 0 Å². The standard InChI is InChI=1S/C31H30F2N2O3/c1-22(31(34)36)35(18-23-8-12-29(13-9-23)37-20-25-4-2-6-27(32)16-25)19-24-10-14-30(15-11-24)38-21-26-5-3-7-28(33)17-26/h2-17,22H,18-21H2,1H3,(H2,34,36)/t22-/m0/s1. The lowest BCUT2D eigenvalue weighted by Crippen LogP contribution is -2.41. The van der Waals surface area contributed by atoms with E-state index in [2.05, 4.69) is 0 Å². The molecule has 7 heteroatoms. The van der Waals surface area contributed by atoms with Gasteiger partial charge in [-0.15, -0.1) is 0 Å². The van der Waals surface area contributed by atoms with Crippen LogP contribution in [0, 0.1) is 11.6 Å². The second-order valence-electron chi connectivity index (χ2n) is 9.11. The first kappa shape index (κ1) is 26.8. The molecular formula is C31H30F2N2O3. The van der Waals surface area contributed by atoms with E-state index in [4.69, 9.17) is 15.2 Å². The quantitative estimate of drug-likeness (QED) is 0.251. The van der Waals surface area contributed by atoms with Crippen molar-refractivity contribution < 1.29 is 23.0 Å². The van der Waals surface area contributed by atoms with E-state index in [1.807, 2.05) is 65.6 Å². The van der Waals surface area contributed by atoms with Gasteiger partial charge < -0.3 is 15.2 Å². The molecule has 0 fully saturated rings. The van der Waals surface area contributed by atoms with Gasteiger partial charge in [-0.1, -0.05) is 48.5 Å². The first-order valence-corrected chi connectivity index (χ1v) is 12.3. The Morgan fingerprint density at radius 2 is 1.13 bits per heavy atom. The molecule has 4 aromatic rings. The van der Waals surface area contributed by atoms with Gasteiger partial charge in [0.15, 0.2) is 0 Å². The topological polar surface area (TPSA) is 64.8 Å². The number of halogens is 2. The van der Waals surface area contributed by atoms with Crippen LogP contribution < -0.4 is 15.2 Å². The van der Waals surface area contributed by atoms with Gasteiger partial charge in [0.25, 0.3) is 0 Å². The van der Waals surface area contributed by atoms with Crippen LogP contribution >= 0.6 is 0 Å². The van der Waals surface area contributed by atoms with Gasteiger partial charge in [0.05, 0.1) is 6.04 Å². The number of primary amides is 1. The lowest BCUT2D eigenvalue weighted by atomic mass is 10.1. The second kappa shape index (κ2) is 12.8. The number of hydrogen-bond acceptors (Lipinski definition) is 4. The van der Waals surface area contributed by atoms with Gasteiger partial charge >= 0.3 is 0 Å². The average Bonchev–Trinajstić information content (AvgIpc) is 2.91. The van der Waals surface area contributed by atoms with Gasteiger partial charge in [0.2, 0.25) is 5.91 Å². The highest BCUT2D eigenvalue weighted by Gasteiger charge is 2.19. The Morgan fingerprint density at radius 1 is 0.711 bits per heavy atom. The number of nitrogens with zero attached hydrogens (tertiary/aromatic N) is 1. The molecular weight excluding hydrogens is 486 g/mol. The molecule has 0 bridgehead atoms. The molecule has 0 aliphatic carbocycles. The second-order valence-corrected chi connectivity index (χ2v) is 9.11. The van der Waals surface area contributed by atoms with Crippen molar-refractivity contribution in [2.45, 2.75) is 39.3 Å². The number of ether oxygens (including phenoxy) is 2. The van der Waals surface area contributed by atoms with E-state index in [0.29, 0.717) is 24.6 Å². The summed E-state index contributed by atoms with van der Waals surface area (Å²) in [5.41, 5.74) is 9.11. The van der Waals surface area contributed by atoms with Crippen LogP contribution in [0.15, 0.2) is 97.1 Å². The fourth-order valence-electron chi connectivity index (χ4n) is 3.95. The van der Waals surface area contributed by atoms with Crippen molar-refractivity contribution in [3.63, 3.8) is 0 Å². The van der Waals surface area contributed by atoms with Crippen LogP contribution in [0.1, 0.15) is 29.2 Å². The van der Waals surface area contributed by atoms with Gasteiger partial charge in [0.1, 0.15) is 36.3 Å². The van der Waals surface area contributed by atoms with Crippen molar-refractivity contribution in [3.8, 4) is 11.5 Å². The number of nitrogens with two attached hydrogens (primary N) is 1. The average molecular weight is 517 g/mol. The van der Waals surface area contributed by atoms with E-state index in [1.165, 1.54) is 24.3 Å². The third-order valence-corrected chi connectivity index (χ3v) is 6.17. The third-order valence-electron chi connectivity index (χ3n) is 6.17. The highest BCUT2D eigenvalue weighted by Crippen LogP contribution is 2.20. The molecule has 1 amide bonds. The molecule has 0 spiro atoms. The largest absolute Gasteiger partial charge is 0.489 e. The minimum absolute atomic E-state index is 0.268. The highest BCUT2D eigenvalue weighted by molar-refractivity contribution is 5.79. The molecule has 1 atom stereocenters. The molecule has 0 aliphatic heterocycles. The predicted molar refractivity (Wildman–Crippen MR) is 142 cm³/mol. The maximum atomic E-state index is 13.4. The fourth-order valence-corrected chi connectivity index (χ4v) is 3.95. The van der Waals surface area contributed by atoms with E-state index in [9.17, 15) is 13.6 Å². The van der Waals surface area contributed by atoms with Crippen molar-refractivity contribution in [3.05, 3.63) is 131 Å². The Morgan fingerprint density at radius 3 is 1.50 bits per heavy atom. The fraction of sp³-hybridized carbons (Fsp3) is 0.194. The molecule has 0 aromatic heterocycles. The lowest BCUT2D eigenvalue weighted by molar-refractivity contribution is -0.123. The van der Waals surface area contributed by atoms with Crippen LogP contribution in [-0.2, 0) is 31.1 Å². The number of hydrogen-bond donors (Lipinski definition) is 1. The van der Waals surface area contributed by atoms with Gasteiger partial charge in [-0.25, -0.2) is 8.78 Å². The zero-order valence-electron chi connectivity index (χ0n) is 21.1. The summed E-state index contributed by atoms with van der Waals surface area (Å²) in [7, 11) is 0. The summed E-state index contributed by atoms with van der Waals surface area (Å²) in [5, 5.41) is 0. The van der Waals surface area contributed by atoms with Crippen molar-refractivity contribution in [1.29, 1.82) is 0 Å². The summed E-state index contributed by atoms with van der Waals surface area (Å²) in [5.74, 6) is 0.338.